The van der Waals surface area contributed by atoms with Gasteiger partial charge in [0.15, 0.2) is 5.58 Å². The molecule has 4 aromatic rings. The van der Waals surface area contributed by atoms with Crippen LogP contribution < -0.4 is 4.72 Å². The highest BCUT2D eigenvalue weighted by molar-refractivity contribution is 7.92. The number of rotatable bonds is 4. The lowest BCUT2D eigenvalue weighted by molar-refractivity contribution is 0.601. The average molecular weight is 399 g/mol. The maximum Gasteiger partial charge on any atom is 0.261 e. The normalized spacial score (nSPS) is 11.6. The van der Waals surface area contributed by atoms with E-state index < -0.39 is 10.0 Å². The fraction of sp³-hybridized carbons (Fsp3) is 0.0500. The van der Waals surface area contributed by atoms with E-state index in [0.29, 0.717) is 27.7 Å². The minimum atomic E-state index is -3.67. The van der Waals surface area contributed by atoms with Crippen molar-refractivity contribution < 1.29 is 12.8 Å². The molecule has 1 aromatic heterocycles. The summed E-state index contributed by atoms with van der Waals surface area (Å²) in [5, 5.41) is 0.627. The zero-order valence-corrected chi connectivity index (χ0v) is 15.9. The highest BCUT2D eigenvalue weighted by Crippen LogP contribution is 2.28. The topological polar surface area (TPSA) is 72.2 Å². The molecule has 27 heavy (non-hydrogen) atoms. The van der Waals surface area contributed by atoms with E-state index in [0.717, 1.165) is 11.1 Å². The summed E-state index contributed by atoms with van der Waals surface area (Å²) in [5.41, 5.74) is 3.33. The van der Waals surface area contributed by atoms with Crippen LogP contribution in [0.4, 0.5) is 5.69 Å². The molecule has 0 aliphatic heterocycles. The van der Waals surface area contributed by atoms with Gasteiger partial charge in [0.1, 0.15) is 5.52 Å². The Balaban J connectivity index is 1.65. The molecule has 1 heterocycles. The Morgan fingerprint density at radius 2 is 1.67 bits per heavy atom. The molecule has 0 saturated heterocycles. The molecule has 0 atom stereocenters. The van der Waals surface area contributed by atoms with E-state index in [4.69, 9.17) is 16.0 Å². The molecule has 0 unspecified atom stereocenters. The third kappa shape index (κ3) is 3.67. The van der Waals surface area contributed by atoms with Gasteiger partial charge in [-0.15, -0.1) is 0 Å². The summed E-state index contributed by atoms with van der Waals surface area (Å²) < 4.78 is 33.4. The van der Waals surface area contributed by atoms with Crippen molar-refractivity contribution in [3.63, 3.8) is 0 Å². The minimum Gasteiger partial charge on any atom is -0.436 e. The van der Waals surface area contributed by atoms with E-state index in [1.165, 1.54) is 0 Å². The highest BCUT2D eigenvalue weighted by atomic mass is 35.5. The fourth-order valence-corrected chi connectivity index (χ4v) is 3.81. The van der Waals surface area contributed by atoms with Gasteiger partial charge < -0.3 is 4.42 Å². The van der Waals surface area contributed by atoms with Crippen LogP contribution in [0.5, 0.6) is 0 Å². The lowest BCUT2D eigenvalue weighted by Crippen LogP contribution is -2.12. The van der Waals surface area contributed by atoms with Crippen molar-refractivity contribution in [2.75, 3.05) is 4.72 Å². The Morgan fingerprint density at radius 1 is 0.963 bits per heavy atom. The number of aromatic nitrogens is 1. The minimum absolute atomic E-state index is 0.204. The van der Waals surface area contributed by atoms with E-state index in [-0.39, 0.29) is 4.90 Å². The van der Waals surface area contributed by atoms with Crippen molar-refractivity contribution in [1.82, 2.24) is 4.98 Å². The van der Waals surface area contributed by atoms with E-state index in [9.17, 15) is 8.42 Å². The standard InChI is InChI=1S/C20H15ClN2O3S/c1-13-2-9-17(10-3-13)27(24,25)23-16-8-11-19-18(12-16)22-20(26-19)14-4-6-15(21)7-5-14/h2-12,23H,1H3. The Morgan fingerprint density at radius 3 is 2.37 bits per heavy atom. The van der Waals surface area contributed by atoms with Crippen molar-refractivity contribution in [3.8, 4) is 11.5 Å². The van der Waals surface area contributed by atoms with Crippen LogP contribution >= 0.6 is 11.6 Å². The van der Waals surface area contributed by atoms with Crippen LogP contribution in [-0.4, -0.2) is 13.4 Å². The van der Waals surface area contributed by atoms with Gasteiger partial charge in [0.2, 0.25) is 5.89 Å². The summed E-state index contributed by atoms with van der Waals surface area (Å²) in [7, 11) is -3.67. The third-order valence-corrected chi connectivity index (χ3v) is 5.71. The zero-order valence-electron chi connectivity index (χ0n) is 14.3. The van der Waals surface area contributed by atoms with E-state index in [1.54, 1.807) is 54.6 Å². The van der Waals surface area contributed by atoms with Crippen LogP contribution in [0.25, 0.3) is 22.6 Å². The summed E-state index contributed by atoms with van der Waals surface area (Å²) in [5.74, 6) is 0.445. The predicted octanol–water partition coefficient (Wildman–Crippen LogP) is 5.26. The molecule has 0 aliphatic carbocycles. The molecule has 3 aromatic carbocycles. The number of hydrogen-bond donors (Lipinski definition) is 1. The number of fused-ring (bicyclic) bond motifs is 1. The van der Waals surface area contributed by atoms with Gasteiger partial charge in [-0.2, -0.15) is 0 Å². The Hall–Kier alpha value is -2.83. The Labute approximate surface area is 161 Å². The molecule has 0 radical (unpaired) electrons. The lowest BCUT2D eigenvalue weighted by Gasteiger charge is -2.08. The van der Waals surface area contributed by atoms with Crippen LogP contribution in [0.15, 0.2) is 76.0 Å². The molecule has 0 fully saturated rings. The first-order valence-corrected chi connectivity index (χ1v) is 10.0. The third-order valence-electron chi connectivity index (χ3n) is 4.06. The second-order valence-electron chi connectivity index (χ2n) is 6.13. The van der Waals surface area contributed by atoms with Crippen LogP contribution in [0.3, 0.4) is 0 Å². The summed E-state index contributed by atoms with van der Waals surface area (Å²) in [6, 6.07) is 18.8. The average Bonchev–Trinajstić information content (AvgIpc) is 3.05. The highest BCUT2D eigenvalue weighted by Gasteiger charge is 2.15. The van der Waals surface area contributed by atoms with Gasteiger partial charge >= 0.3 is 0 Å². The smallest absolute Gasteiger partial charge is 0.261 e. The van der Waals surface area contributed by atoms with Crippen molar-refractivity contribution >= 4 is 38.4 Å². The van der Waals surface area contributed by atoms with E-state index >= 15 is 0 Å². The quantitative estimate of drug-likeness (QED) is 0.509. The predicted molar refractivity (Wildman–Crippen MR) is 106 cm³/mol. The summed E-state index contributed by atoms with van der Waals surface area (Å²) in [6.45, 7) is 1.90. The summed E-state index contributed by atoms with van der Waals surface area (Å²) in [4.78, 5) is 4.65. The largest absolute Gasteiger partial charge is 0.436 e. The molecule has 0 bridgehead atoms. The first-order chi connectivity index (χ1) is 12.9. The molecule has 5 nitrogen and oxygen atoms in total. The number of anilines is 1. The van der Waals surface area contributed by atoms with Gasteiger partial charge in [-0.3, -0.25) is 4.72 Å². The van der Waals surface area contributed by atoms with Gasteiger partial charge in [-0.1, -0.05) is 29.3 Å². The SMILES string of the molecule is Cc1ccc(S(=O)(=O)Nc2ccc3oc(-c4ccc(Cl)cc4)nc3c2)cc1. The number of nitrogens with one attached hydrogen (secondary N) is 1. The molecule has 0 aliphatic rings. The van der Waals surface area contributed by atoms with Crippen LogP contribution in [0, 0.1) is 6.92 Å². The second-order valence-corrected chi connectivity index (χ2v) is 8.25. The van der Waals surface area contributed by atoms with Crippen molar-refractivity contribution in [3.05, 3.63) is 77.3 Å². The molecule has 4 rings (SSSR count). The molecular formula is C20H15ClN2O3S. The van der Waals surface area contributed by atoms with E-state index in [2.05, 4.69) is 9.71 Å². The number of sulfonamides is 1. The molecule has 0 saturated carbocycles. The maximum absolute atomic E-state index is 12.5. The number of benzene rings is 3. The van der Waals surface area contributed by atoms with E-state index in [1.807, 2.05) is 19.1 Å². The monoisotopic (exact) mass is 398 g/mol. The van der Waals surface area contributed by atoms with Gasteiger partial charge in [0, 0.05) is 10.6 Å². The molecule has 1 N–H and O–H groups in total. The van der Waals surface area contributed by atoms with Gasteiger partial charge in [-0.05, 0) is 61.5 Å². The van der Waals surface area contributed by atoms with Crippen molar-refractivity contribution in [1.29, 1.82) is 0 Å². The lowest BCUT2D eigenvalue weighted by atomic mass is 10.2. The molecule has 0 amide bonds. The first kappa shape index (κ1) is 17.6. The number of nitrogens with zero attached hydrogens (tertiary/aromatic N) is 1. The summed E-state index contributed by atoms with van der Waals surface area (Å²) in [6.07, 6.45) is 0. The number of aryl methyl sites for hydroxylation is 1. The van der Waals surface area contributed by atoms with Crippen molar-refractivity contribution in [2.24, 2.45) is 0 Å². The van der Waals surface area contributed by atoms with Crippen LogP contribution in [-0.2, 0) is 10.0 Å². The number of halogens is 1. The van der Waals surface area contributed by atoms with Gasteiger partial charge in [-0.25, -0.2) is 13.4 Å². The van der Waals surface area contributed by atoms with Crippen LogP contribution in [0.2, 0.25) is 5.02 Å². The molecule has 7 heteroatoms. The summed E-state index contributed by atoms with van der Waals surface area (Å²) >= 11 is 5.90. The Bertz CT molecular complexity index is 1210. The molecular weight excluding hydrogens is 384 g/mol. The molecule has 0 spiro atoms. The first-order valence-electron chi connectivity index (χ1n) is 8.17. The van der Waals surface area contributed by atoms with Gasteiger partial charge in [0.05, 0.1) is 10.6 Å². The second kappa shape index (κ2) is 6.72. The number of oxazole rings is 1. The zero-order chi connectivity index (χ0) is 19.0. The molecule has 136 valence electrons. The van der Waals surface area contributed by atoms with Crippen molar-refractivity contribution in [2.45, 2.75) is 11.8 Å². The fourth-order valence-electron chi connectivity index (χ4n) is 2.64. The number of hydrogen-bond acceptors (Lipinski definition) is 4. The van der Waals surface area contributed by atoms with Gasteiger partial charge in [0.25, 0.3) is 10.0 Å². The van der Waals surface area contributed by atoms with Crippen LogP contribution in [0.1, 0.15) is 5.56 Å². The Kier molecular flexibility index (Phi) is 4.37. The maximum atomic E-state index is 12.5.